The molecule has 0 nitrogen and oxygen atoms in total. The highest BCUT2D eigenvalue weighted by Gasteiger charge is 1.95. The average molecular weight is 212 g/mol. The molecule has 0 heteroatoms. The topological polar surface area (TPSA) is 0 Å². The summed E-state index contributed by atoms with van der Waals surface area (Å²) in [7, 11) is 0. The molecule has 0 aliphatic heterocycles. The molecular weight excluding hydrogens is 192 g/mol. The molecule has 0 bridgehead atoms. The molecular formula is C16H20. The molecule has 1 aromatic carbocycles. The number of hydrogen-bond donors (Lipinski definition) is 0. The lowest BCUT2D eigenvalue weighted by atomic mass is 10.0. The highest BCUT2D eigenvalue weighted by atomic mass is 14.0. The van der Waals surface area contributed by atoms with Gasteiger partial charge in [-0.2, -0.15) is 0 Å². The van der Waals surface area contributed by atoms with Gasteiger partial charge in [-0.1, -0.05) is 69.0 Å². The smallest absolute Gasteiger partial charge is 0.0190 e. The van der Waals surface area contributed by atoms with Crippen molar-refractivity contribution in [1.29, 1.82) is 0 Å². The van der Waals surface area contributed by atoms with Gasteiger partial charge in [0.1, 0.15) is 0 Å². The molecule has 0 N–H and O–H groups in total. The first-order valence-corrected chi connectivity index (χ1v) is 5.81. The van der Waals surface area contributed by atoms with Crippen molar-refractivity contribution in [3.8, 4) is 0 Å². The quantitative estimate of drug-likeness (QED) is 0.616. The summed E-state index contributed by atoms with van der Waals surface area (Å²) in [4.78, 5) is 0. The van der Waals surface area contributed by atoms with Crippen molar-refractivity contribution < 1.29 is 0 Å². The van der Waals surface area contributed by atoms with Crippen LogP contribution in [0.3, 0.4) is 0 Å². The molecule has 0 fully saturated rings. The van der Waals surface area contributed by atoms with Crippen molar-refractivity contribution in [2.24, 2.45) is 0 Å². The van der Waals surface area contributed by atoms with Crippen LogP contribution in [0, 0.1) is 0 Å². The monoisotopic (exact) mass is 212 g/mol. The number of rotatable bonds is 5. The minimum absolute atomic E-state index is 0.985. The Kier molecular flexibility index (Phi) is 4.78. The Labute approximate surface area is 99.0 Å². The third-order valence-electron chi connectivity index (χ3n) is 2.71. The van der Waals surface area contributed by atoms with Crippen LogP contribution in [-0.4, -0.2) is 0 Å². The summed E-state index contributed by atoms with van der Waals surface area (Å²) < 4.78 is 0. The van der Waals surface area contributed by atoms with E-state index in [0.717, 1.165) is 24.0 Å². The zero-order chi connectivity index (χ0) is 12.0. The van der Waals surface area contributed by atoms with E-state index in [0.29, 0.717) is 0 Å². The van der Waals surface area contributed by atoms with Crippen LogP contribution in [-0.2, 0) is 6.42 Å². The Bertz CT molecular complexity index is 391. The van der Waals surface area contributed by atoms with Gasteiger partial charge in [-0.05, 0) is 29.5 Å². The largest absolute Gasteiger partial charge is 0.0958 e. The maximum absolute atomic E-state index is 4.06. The molecule has 0 spiro atoms. The van der Waals surface area contributed by atoms with Gasteiger partial charge in [0.2, 0.25) is 0 Å². The zero-order valence-corrected chi connectivity index (χ0v) is 10.3. The fraction of sp³-hybridized carbons (Fsp3) is 0.250. The second-order valence-electron chi connectivity index (χ2n) is 3.92. The van der Waals surface area contributed by atoms with Gasteiger partial charge in [-0.25, -0.2) is 0 Å². The fourth-order valence-electron chi connectivity index (χ4n) is 1.39. The van der Waals surface area contributed by atoms with Gasteiger partial charge in [-0.3, -0.25) is 0 Å². The van der Waals surface area contributed by atoms with Gasteiger partial charge in [0, 0.05) is 0 Å². The summed E-state index contributed by atoms with van der Waals surface area (Å²) in [5.74, 6) is 0. The molecule has 0 aromatic heterocycles. The van der Waals surface area contributed by atoms with Crippen molar-refractivity contribution in [1.82, 2.24) is 0 Å². The first kappa shape index (κ1) is 12.5. The average Bonchev–Trinajstić information content (AvgIpc) is 2.35. The molecule has 0 aliphatic carbocycles. The second kappa shape index (κ2) is 6.12. The molecule has 0 saturated carbocycles. The van der Waals surface area contributed by atoms with Crippen molar-refractivity contribution >= 4 is 5.57 Å². The predicted octanol–water partition coefficient (Wildman–Crippen LogP) is 4.78. The van der Waals surface area contributed by atoms with E-state index in [1.807, 2.05) is 12.2 Å². The molecule has 16 heavy (non-hydrogen) atoms. The molecule has 0 atom stereocenters. The first-order chi connectivity index (χ1) is 7.67. The highest BCUT2D eigenvalue weighted by Crippen LogP contribution is 2.16. The SMILES string of the molecule is C=C(/C=C\C(=C)c1ccc(CC)cc1)CC. The number of benzene rings is 1. The maximum Gasteiger partial charge on any atom is -0.0190 e. The van der Waals surface area contributed by atoms with E-state index in [2.05, 4.69) is 51.3 Å². The van der Waals surface area contributed by atoms with Gasteiger partial charge >= 0.3 is 0 Å². The van der Waals surface area contributed by atoms with Gasteiger partial charge in [0.25, 0.3) is 0 Å². The third-order valence-corrected chi connectivity index (χ3v) is 2.71. The lowest BCUT2D eigenvalue weighted by Crippen LogP contribution is -1.83. The van der Waals surface area contributed by atoms with Gasteiger partial charge in [0.05, 0.1) is 0 Å². The van der Waals surface area contributed by atoms with Crippen molar-refractivity contribution in [3.63, 3.8) is 0 Å². The zero-order valence-electron chi connectivity index (χ0n) is 10.3. The van der Waals surface area contributed by atoms with E-state index >= 15 is 0 Å². The van der Waals surface area contributed by atoms with Gasteiger partial charge < -0.3 is 0 Å². The Hall–Kier alpha value is -1.56. The Morgan fingerprint density at radius 3 is 2.19 bits per heavy atom. The van der Waals surface area contributed by atoms with Gasteiger partial charge in [-0.15, -0.1) is 0 Å². The van der Waals surface area contributed by atoms with Crippen LogP contribution in [0.1, 0.15) is 31.4 Å². The van der Waals surface area contributed by atoms with E-state index < -0.39 is 0 Å². The van der Waals surface area contributed by atoms with E-state index in [4.69, 9.17) is 0 Å². The second-order valence-corrected chi connectivity index (χ2v) is 3.92. The number of allylic oxidation sites excluding steroid dienone is 4. The molecule has 0 amide bonds. The summed E-state index contributed by atoms with van der Waals surface area (Å²) in [5.41, 5.74) is 4.71. The van der Waals surface area contributed by atoms with Gasteiger partial charge in [0.15, 0.2) is 0 Å². The third kappa shape index (κ3) is 3.54. The normalized spacial score (nSPS) is 10.6. The molecule has 0 saturated heterocycles. The summed E-state index contributed by atoms with van der Waals surface area (Å²) in [6.07, 6.45) is 6.14. The van der Waals surface area contributed by atoms with Crippen LogP contribution < -0.4 is 0 Å². The lowest BCUT2D eigenvalue weighted by molar-refractivity contribution is 1.14. The summed E-state index contributed by atoms with van der Waals surface area (Å²) in [6, 6.07) is 8.56. The van der Waals surface area contributed by atoms with Crippen LogP contribution in [0.2, 0.25) is 0 Å². The first-order valence-electron chi connectivity index (χ1n) is 5.81. The molecule has 1 aromatic rings. The Balaban J connectivity index is 2.73. The lowest BCUT2D eigenvalue weighted by Gasteiger charge is -2.02. The number of hydrogen-bond acceptors (Lipinski definition) is 0. The fourth-order valence-corrected chi connectivity index (χ4v) is 1.39. The van der Waals surface area contributed by atoms with Crippen molar-refractivity contribution in [2.45, 2.75) is 26.7 Å². The Morgan fingerprint density at radius 2 is 1.69 bits per heavy atom. The van der Waals surface area contributed by atoms with E-state index in [9.17, 15) is 0 Å². The maximum atomic E-state index is 4.06. The summed E-state index contributed by atoms with van der Waals surface area (Å²) >= 11 is 0. The standard InChI is InChI=1S/C16H20/c1-5-13(3)7-8-14(4)16-11-9-15(6-2)10-12-16/h7-12H,3-6H2,1-2H3/b8-7-. The molecule has 1 rings (SSSR count). The van der Waals surface area contributed by atoms with Crippen molar-refractivity contribution in [2.75, 3.05) is 0 Å². The van der Waals surface area contributed by atoms with Crippen LogP contribution in [0.4, 0.5) is 0 Å². The molecule has 0 radical (unpaired) electrons. The summed E-state index contributed by atoms with van der Waals surface area (Å²) in [5, 5.41) is 0. The minimum atomic E-state index is 0.985. The van der Waals surface area contributed by atoms with Crippen LogP contribution in [0.25, 0.3) is 5.57 Å². The van der Waals surface area contributed by atoms with Crippen LogP contribution in [0.5, 0.6) is 0 Å². The van der Waals surface area contributed by atoms with Crippen molar-refractivity contribution in [3.05, 3.63) is 66.3 Å². The minimum Gasteiger partial charge on any atom is -0.0958 e. The van der Waals surface area contributed by atoms with Crippen LogP contribution >= 0.6 is 0 Å². The van der Waals surface area contributed by atoms with E-state index in [-0.39, 0.29) is 0 Å². The van der Waals surface area contributed by atoms with E-state index in [1.165, 1.54) is 11.1 Å². The van der Waals surface area contributed by atoms with Crippen LogP contribution in [0.15, 0.2) is 55.1 Å². The van der Waals surface area contributed by atoms with E-state index in [1.54, 1.807) is 0 Å². The molecule has 84 valence electrons. The predicted molar refractivity (Wildman–Crippen MR) is 73.4 cm³/mol. The molecule has 0 aliphatic rings. The molecule has 0 unspecified atom stereocenters. The number of aryl methyl sites for hydroxylation is 1. The molecule has 0 heterocycles. The highest BCUT2D eigenvalue weighted by molar-refractivity contribution is 5.72. The Morgan fingerprint density at radius 1 is 1.06 bits per heavy atom. The summed E-state index contributed by atoms with van der Waals surface area (Å²) in [6.45, 7) is 12.3.